The second-order valence-corrected chi connectivity index (χ2v) is 7.29. The van der Waals surface area contributed by atoms with Crippen LogP contribution in [0.5, 0.6) is 5.75 Å². The van der Waals surface area contributed by atoms with Gasteiger partial charge in [0.15, 0.2) is 0 Å². The fourth-order valence-corrected chi connectivity index (χ4v) is 3.40. The molecule has 0 bridgehead atoms. The third-order valence-electron chi connectivity index (χ3n) is 4.99. The number of allylic oxidation sites excluding steroid dienone is 1. The smallest absolute Gasteiger partial charge is 0.253 e. The third kappa shape index (κ3) is 4.74. The van der Waals surface area contributed by atoms with E-state index in [1.807, 2.05) is 30.5 Å². The van der Waals surface area contributed by atoms with E-state index in [0.717, 1.165) is 28.9 Å². The molecule has 0 saturated heterocycles. The summed E-state index contributed by atoms with van der Waals surface area (Å²) < 4.78 is 19.6. The number of hydrogen-bond donors (Lipinski definition) is 1. The molecule has 160 valence electrons. The summed E-state index contributed by atoms with van der Waals surface area (Å²) in [4.78, 5) is 21.4. The first kappa shape index (κ1) is 22.0. The van der Waals surface area contributed by atoms with Gasteiger partial charge in [-0.25, -0.2) is 9.38 Å². The van der Waals surface area contributed by atoms with Crippen LogP contribution < -0.4 is 4.74 Å². The van der Waals surface area contributed by atoms with Crippen LogP contribution in [0.1, 0.15) is 28.4 Å². The zero-order valence-corrected chi connectivity index (χ0v) is 18.2. The molecule has 0 saturated carbocycles. The van der Waals surface area contributed by atoms with Gasteiger partial charge in [-0.3, -0.25) is 4.79 Å². The topological polar surface area (TPSA) is 57.7 Å². The van der Waals surface area contributed by atoms with Crippen LogP contribution in [0.3, 0.4) is 0 Å². The highest BCUT2D eigenvalue weighted by molar-refractivity contribution is 6.10. The van der Waals surface area contributed by atoms with Gasteiger partial charge < -0.3 is 14.6 Å². The summed E-state index contributed by atoms with van der Waals surface area (Å²) in [6.45, 7) is 6.06. The van der Waals surface area contributed by atoms with Crippen molar-refractivity contribution in [1.82, 2.24) is 9.88 Å². The number of benzene rings is 2. The number of methoxy groups -OCH3 is 1. The van der Waals surface area contributed by atoms with E-state index in [1.165, 1.54) is 17.0 Å². The monoisotopic (exact) mass is 419 g/mol. The van der Waals surface area contributed by atoms with Crippen molar-refractivity contribution in [1.29, 1.82) is 0 Å². The Hall–Kier alpha value is -3.67. The van der Waals surface area contributed by atoms with Gasteiger partial charge in [0.25, 0.3) is 5.91 Å². The average Bonchev–Trinajstić information content (AvgIpc) is 3.18. The van der Waals surface area contributed by atoms with E-state index >= 15 is 0 Å². The predicted molar refractivity (Wildman–Crippen MR) is 124 cm³/mol. The number of rotatable bonds is 7. The van der Waals surface area contributed by atoms with Gasteiger partial charge >= 0.3 is 0 Å². The van der Waals surface area contributed by atoms with Gasteiger partial charge in [0.05, 0.1) is 7.11 Å². The molecule has 3 rings (SSSR count). The van der Waals surface area contributed by atoms with Crippen molar-refractivity contribution in [3.8, 4) is 16.9 Å². The maximum atomic E-state index is 14.1. The molecule has 0 spiro atoms. The van der Waals surface area contributed by atoms with Crippen LogP contribution in [0.2, 0.25) is 0 Å². The number of carbonyl (C=O) groups is 1. The lowest BCUT2D eigenvalue weighted by Gasteiger charge is -2.11. The van der Waals surface area contributed by atoms with Crippen LogP contribution in [0, 0.1) is 5.82 Å². The summed E-state index contributed by atoms with van der Waals surface area (Å²) in [5.41, 5.74) is 4.31. The standard InChI is InChI=1S/C25H26FN3O2/c1-6-20-22(21-9-7-8-10-23(21)31-5)15-28-24(20)27-14-16(2)17-11-18(13-19(26)12-17)25(30)29(3)4/h7-15,28H,2,6H2,1,3-5H3/b27-14-. The van der Waals surface area contributed by atoms with E-state index < -0.39 is 5.82 Å². The summed E-state index contributed by atoms with van der Waals surface area (Å²) in [5.74, 6) is 0.717. The van der Waals surface area contributed by atoms with Gasteiger partial charge in [0.2, 0.25) is 0 Å². The minimum Gasteiger partial charge on any atom is -0.496 e. The Balaban J connectivity index is 1.92. The van der Waals surface area contributed by atoms with Crippen molar-refractivity contribution in [3.63, 3.8) is 0 Å². The molecule has 6 heteroatoms. The number of hydrogen-bond acceptors (Lipinski definition) is 3. The molecule has 3 aromatic rings. The number of aromatic nitrogens is 1. The zero-order valence-electron chi connectivity index (χ0n) is 18.2. The Morgan fingerprint density at radius 1 is 1.19 bits per heavy atom. The number of nitrogens with zero attached hydrogens (tertiary/aromatic N) is 2. The van der Waals surface area contributed by atoms with Crippen molar-refractivity contribution in [2.75, 3.05) is 21.2 Å². The molecule has 0 aliphatic carbocycles. The number of amides is 1. The number of H-pyrrole nitrogens is 1. The molecular formula is C25H26FN3O2. The van der Waals surface area contributed by atoms with E-state index in [1.54, 1.807) is 33.5 Å². The Labute approximate surface area is 181 Å². The largest absolute Gasteiger partial charge is 0.496 e. The number of para-hydroxylation sites is 1. The van der Waals surface area contributed by atoms with Crippen LogP contribution in [-0.4, -0.2) is 43.2 Å². The molecule has 1 N–H and O–H groups in total. The van der Waals surface area contributed by atoms with Gasteiger partial charge in [0, 0.05) is 48.8 Å². The molecule has 0 aliphatic rings. The lowest BCUT2D eigenvalue weighted by atomic mass is 10.0. The lowest BCUT2D eigenvalue weighted by Crippen LogP contribution is -2.21. The SMILES string of the molecule is C=C(/C=N\c1[nH]cc(-c2ccccc2OC)c1CC)c1cc(F)cc(C(=O)N(C)C)c1. The van der Waals surface area contributed by atoms with Crippen molar-refractivity contribution in [3.05, 3.63) is 77.7 Å². The Morgan fingerprint density at radius 2 is 1.90 bits per heavy atom. The van der Waals surface area contributed by atoms with Crippen LogP contribution in [0.25, 0.3) is 16.7 Å². The molecule has 0 fully saturated rings. The molecule has 1 aromatic heterocycles. The van der Waals surface area contributed by atoms with Crippen LogP contribution >= 0.6 is 0 Å². The zero-order chi connectivity index (χ0) is 22.5. The van der Waals surface area contributed by atoms with Crippen LogP contribution in [-0.2, 0) is 6.42 Å². The highest BCUT2D eigenvalue weighted by Gasteiger charge is 2.15. The number of ether oxygens (including phenoxy) is 1. The first-order valence-electron chi connectivity index (χ1n) is 9.94. The minimum atomic E-state index is -0.496. The van der Waals surface area contributed by atoms with E-state index in [-0.39, 0.29) is 11.5 Å². The number of aromatic amines is 1. The maximum absolute atomic E-state index is 14.1. The maximum Gasteiger partial charge on any atom is 0.253 e. The van der Waals surface area contributed by atoms with Gasteiger partial charge in [-0.2, -0.15) is 0 Å². The van der Waals surface area contributed by atoms with Crippen molar-refractivity contribution in [2.45, 2.75) is 13.3 Å². The Bertz CT molecular complexity index is 1150. The molecule has 0 unspecified atom stereocenters. The number of nitrogens with one attached hydrogen (secondary N) is 1. The van der Waals surface area contributed by atoms with E-state index in [2.05, 4.69) is 23.5 Å². The normalized spacial score (nSPS) is 11.0. The van der Waals surface area contributed by atoms with Crippen LogP contribution in [0.15, 0.2) is 60.2 Å². The molecule has 1 heterocycles. The molecule has 2 aromatic carbocycles. The van der Waals surface area contributed by atoms with Crippen LogP contribution in [0.4, 0.5) is 10.2 Å². The number of halogens is 1. The fourth-order valence-electron chi connectivity index (χ4n) is 3.40. The molecule has 0 aliphatic heterocycles. The summed E-state index contributed by atoms with van der Waals surface area (Å²) in [6, 6.07) is 12.0. The molecule has 5 nitrogen and oxygen atoms in total. The second-order valence-electron chi connectivity index (χ2n) is 7.29. The fraction of sp³-hybridized carbons (Fsp3) is 0.200. The second kappa shape index (κ2) is 9.43. The third-order valence-corrected chi connectivity index (χ3v) is 4.99. The molecular weight excluding hydrogens is 393 g/mol. The van der Waals surface area contributed by atoms with Gasteiger partial charge in [-0.05, 0) is 41.8 Å². The van der Waals surface area contributed by atoms with Gasteiger partial charge in [0.1, 0.15) is 17.4 Å². The molecule has 1 amide bonds. The molecule has 0 radical (unpaired) electrons. The summed E-state index contributed by atoms with van der Waals surface area (Å²) in [7, 11) is 4.90. The molecule has 31 heavy (non-hydrogen) atoms. The average molecular weight is 420 g/mol. The first-order chi connectivity index (χ1) is 14.8. The van der Waals surface area contributed by atoms with E-state index in [4.69, 9.17) is 4.74 Å². The van der Waals surface area contributed by atoms with Crippen molar-refractivity contribution < 1.29 is 13.9 Å². The number of carbonyl (C=O) groups excluding carboxylic acids is 1. The minimum absolute atomic E-state index is 0.266. The van der Waals surface area contributed by atoms with Gasteiger partial charge in [-0.15, -0.1) is 0 Å². The summed E-state index contributed by atoms with van der Waals surface area (Å²) in [6.07, 6.45) is 4.25. The van der Waals surface area contributed by atoms with Crippen molar-refractivity contribution in [2.24, 2.45) is 4.99 Å². The van der Waals surface area contributed by atoms with E-state index in [0.29, 0.717) is 17.0 Å². The summed E-state index contributed by atoms with van der Waals surface area (Å²) in [5, 5.41) is 0. The summed E-state index contributed by atoms with van der Waals surface area (Å²) >= 11 is 0. The highest BCUT2D eigenvalue weighted by atomic mass is 19.1. The van der Waals surface area contributed by atoms with Gasteiger partial charge in [-0.1, -0.05) is 31.7 Å². The molecule has 0 atom stereocenters. The Morgan fingerprint density at radius 3 is 2.58 bits per heavy atom. The lowest BCUT2D eigenvalue weighted by molar-refractivity contribution is 0.0827. The number of aliphatic imine (C=N–C) groups is 1. The quantitative estimate of drug-likeness (QED) is 0.514. The predicted octanol–water partition coefficient (Wildman–Crippen LogP) is 5.51. The van der Waals surface area contributed by atoms with E-state index in [9.17, 15) is 9.18 Å². The first-order valence-corrected chi connectivity index (χ1v) is 9.94. The van der Waals surface area contributed by atoms with Crippen molar-refractivity contribution >= 4 is 23.5 Å². The highest BCUT2D eigenvalue weighted by Crippen LogP contribution is 2.36. The Kier molecular flexibility index (Phi) is 6.70.